The zero-order valence-electron chi connectivity index (χ0n) is 11.0. The fraction of sp³-hybridized carbons (Fsp3) is 1.00. The van der Waals surface area contributed by atoms with Crippen molar-refractivity contribution in [1.82, 2.24) is 5.32 Å². The molecule has 0 spiro atoms. The maximum Gasteiger partial charge on any atom is 0.0590 e. The minimum absolute atomic E-state index is 0.0623. The average Bonchev–Trinajstić information content (AvgIpc) is 2.70. The summed E-state index contributed by atoms with van der Waals surface area (Å²) in [7, 11) is 0. The van der Waals surface area contributed by atoms with Crippen LogP contribution in [0.25, 0.3) is 0 Å². The van der Waals surface area contributed by atoms with Crippen molar-refractivity contribution >= 4 is 0 Å². The second-order valence-electron chi connectivity index (χ2n) is 5.30. The molecule has 0 aromatic heterocycles. The molecule has 1 saturated heterocycles. The predicted octanol–water partition coefficient (Wildman–Crippen LogP) is 2.08. The highest BCUT2D eigenvalue weighted by Gasteiger charge is 2.25. The molecular formula is C13H27NO2. The topological polar surface area (TPSA) is 41.5 Å². The molecule has 0 aliphatic carbocycles. The van der Waals surface area contributed by atoms with Crippen LogP contribution >= 0.6 is 0 Å². The summed E-state index contributed by atoms with van der Waals surface area (Å²) < 4.78 is 5.64. The number of aliphatic hydroxyl groups excluding tert-OH is 1. The molecule has 96 valence electrons. The molecule has 16 heavy (non-hydrogen) atoms. The van der Waals surface area contributed by atoms with Gasteiger partial charge in [0.25, 0.3) is 0 Å². The zero-order valence-corrected chi connectivity index (χ0v) is 11.0. The number of nitrogens with one attached hydrogen (secondary N) is 1. The van der Waals surface area contributed by atoms with E-state index in [0.29, 0.717) is 12.1 Å². The van der Waals surface area contributed by atoms with E-state index in [-0.39, 0.29) is 12.1 Å². The van der Waals surface area contributed by atoms with Gasteiger partial charge in [0.05, 0.1) is 6.10 Å². The van der Waals surface area contributed by atoms with Crippen LogP contribution in [0.2, 0.25) is 0 Å². The molecule has 3 heteroatoms. The van der Waals surface area contributed by atoms with E-state index in [1.54, 1.807) is 0 Å². The number of hydrogen-bond donors (Lipinski definition) is 2. The maximum absolute atomic E-state index is 9.07. The summed E-state index contributed by atoms with van der Waals surface area (Å²) in [5.74, 6) is 0. The maximum atomic E-state index is 9.07. The zero-order chi connectivity index (χ0) is 12.0. The van der Waals surface area contributed by atoms with Crippen LogP contribution in [-0.4, -0.2) is 36.0 Å². The third-order valence-corrected chi connectivity index (χ3v) is 3.68. The van der Waals surface area contributed by atoms with Crippen molar-refractivity contribution in [2.45, 2.75) is 70.6 Å². The Labute approximate surface area is 99.6 Å². The largest absolute Gasteiger partial charge is 0.396 e. The van der Waals surface area contributed by atoms with E-state index in [2.05, 4.69) is 26.1 Å². The Morgan fingerprint density at radius 3 is 2.81 bits per heavy atom. The van der Waals surface area contributed by atoms with Crippen molar-refractivity contribution in [3.8, 4) is 0 Å². The van der Waals surface area contributed by atoms with Gasteiger partial charge in [0.1, 0.15) is 0 Å². The molecule has 1 aliphatic rings. The van der Waals surface area contributed by atoms with Crippen LogP contribution in [0.15, 0.2) is 0 Å². The van der Waals surface area contributed by atoms with Crippen LogP contribution in [0.3, 0.4) is 0 Å². The van der Waals surface area contributed by atoms with Crippen LogP contribution in [0.4, 0.5) is 0 Å². The minimum atomic E-state index is 0.0623. The fourth-order valence-electron chi connectivity index (χ4n) is 2.48. The van der Waals surface area contributed by atoms with Crippen molar-refractivity contribution in [2.24, 2.45) is 0 Å². The van der Waals surface area contributed by atoms with Gasteiger partial charge in [-0.05, 0) is 46.0 Å². The number of ether oxygens (including phenoxy) is 1. The second-order valence-corrected chi connectivity index (χ2v) is 5.30. The molecule has 0 aromatic rings. The molecule has 0 bridgehead atoms. The van der Waals surface area contributed by atoms with Crippen molar-refractivity contribution in [3.63, 3.8) is 0 Å². The minimum Gasteiger partial charge on any atom is -0.396 e. The van der Waals surface area contributed by atoms with E-state index in [1.165, 1.54) is 12.8 Å². The van der Waals surface area contributed by atoms with Crippen molar-refractivity contribution in [2.75, 3.05) is 13.2 Å². The fourth-order valence-corrected chi connectivity index (χ4v) is 2.48. The van der Waals surface area contributed by atoms with Gasteiger partial charge < -0.3 is 15.2 Å². The van der Waals surface area contributed by atoms with E-state index >= 15 is 0 Å². The molecule has 0 amide bonds. The van der Waals surface area contributed by atoms with Gasteiger partial charge in [-0.25, -0.2) is 0 Å². The molecule has 0 aromatic carbocycles. The number of hydrogen-bond acceptors (Lipinski definition) is 3. The van der Waals surface area contributed by atoms with Gasteiger partial charge in [-0.3, -0.25) is 0 Å². The molecule has 1 rings (SSSR count). The van der Waals surface area contributed by atoms with E-state index < -0.39 is 0 Å². The average molecular weight is 229 g/mol. The molecular weight excluding hydrogens is 202 g/mol. The van der Waals surface area contributed by atoms with Crippen molar-refractivity contribution < 1.29 is 9.84 Å². The molecule has 0 radical (unpaired) electrons. The Balaban J connectivity index is 2.32. The van der Waals surface area contributed by atoms with Crippen LogP contribution in [0.1, 0.15) is 52.9 Å². The second kappa shape index (κ2) is 6.58. The first-order chi connectivity index (χ1) is 7.59. The van der Waals surface area contributed by atoms with Gasteiger partial charge >= 0.3 is 0 Å². The van der Waals surface area contributed by atoms with E-state index in [9.17, 15) is 0 Å². The lowest BCUT2D eigenvalue weighted by Gasteiger charge is -2.33. The molecule has 2 N–H and O–H groups in total. The predicted molar refractivity (Wildman–Crippen MR) is 66.6 cm³/mol. The highest BCUT2D eigenvalue weighted by atomic mass is 16.5. The highest BCUT2D eigenvalue weighted by molar-refractivity contribution is 4.85. The van der Waals surface area contributed by atoms with Gasteiger partial charge in [-0.15, -0.1) is 0 Å². The first-order valence-corrected chi connectivity index (χ1v) is 6.60. The van der Waals surface area contributed by atoms with Crippen molar-refractivity contribution in [1.29, 1.82) is 0 Å². The summed E-state index contributed by atoms with van der Waals surface area (Å²) in [6.45, 7) is 7.76. The van der Waals surface area contributed by atoms with E-state index in [1.807, 2.05) is 0 Å². The van der Waals surface area contributed by atoms with E-state index in [4.69, 9.17) is 9.84 Å². The number of rotatable bonds is 7. The first-order valence-electron chi connectivity index (χ1n) is 6.60. The van der Waals surface area contributed by atoms with Gasteiger partial charge in [0.15, 0.2) is 0 Å². The molecule has 1 aliphatic heterocycles. The Hall–Kier alpha value is -0.120. The molecule has 3 unspecified atom stereocenters. The normalized spacial score (nSPS) is 26.6. The van der Waals surface area contributed by atoms with Gasteiger partial charge in [0.2, 0.25) is 0 Å². The summed E-state index contributed by atoms with van der Waals surface area (Å²) in [6.07, 6.45) is 5.80. The summed E-state index contributed by atoms with van der Waals surface area (Å²) in [6, 6.07) is 0.458. The molecule has 3 nitrogen and oxygen atoms in total. The van der Waals surface area contributed by atoms with Crippen LogP contribution < -0.4 is 5.32 Å². The Morgan fingerprint density at radius 2 is 2.31 bits per heavy atom. The van der Waals surface area contributed by atoms with E-state index in [0.717, 1.165) is 25.9 Å². The third-order valence-electron chi connectivity index (χ3n) is 3.68. The third kappa shape index (κ3) is 4.40. The monoisotopic (exact) mass is 229 g/mol. The smallest absolute Gasteiger partial charge is 0.0590 e. The lowest BCUT2D eigenvalue weighted by molar-refractivity contribution is 0.0901. The summed E-state index contributed by atoms with van der Waals surface area (Å²) >= 11 is 0. The first kappa shape index (κ1) is 13.9. The quantitative estimate of drug-likeness (QED) is 0.702. The lowest BCUT2D eigenvalue weighted by atomic mass is 9.93. The molecule has 1 fully saturated rings. The van der Waals surface area contributed by atoms with Crippen LogP contribution in [0, 0.1) is 0 Å². The summed E-state index contributed by atoms with van der Waals surface area (Å²) in [5, 5.41) is 12.7. The van der Waals surface area contributed by atoms with Crippen LogP contribution in [-0.2, 0) is 4.74 Å². The van der Waals surface area contributed by atoms with Crippen LogP contribution in [0.5, 0.6) is 0 Å². The summed E-state index contributed by atoms with van der Waals surface area (Å²) in [4.78, 5) is 0. The Morgan fingerprint density at radius 1 is 1.56 bits per heavy atom. The highest BCUT2D eigenvalue weighted by Crippen LogP contribution is 2.20. The summed E-state index contributed by atoms with van der Waals surface area (Å²) in [5.41, 5.74) is 0.0623. The standard InChI is InChI=1S/C13H27NO2/c1-4-13(3,7-8-15)14-11(2)10-12-6-5-9-16-12/h11-12,14-15H,4-10H2,1-3H3. The van der Waals surface area contributed by atoms with Gasteiger partial charge in [-0.1, -0.05) is 6.92 Å². The molecule has 3 atom stereocenters. The van der Waals surface area contributed by atoms with Gasteiger partial charge in [-0.2, -0.15) is 0 Å². The van der Waals surface area contributed by atoms with Crippen molar-refractivity contribution in [3.05, 3.63) is 0 Å². The lowest BCUT2D eigenvalue weighted by Crippen LogP contribution is -2.48. The molecule has 1 heterocycles. The van der Waals surface area contributed by atoms with Gasteiger partial charge in [0, 0.05) is 24.8 Å². The SMILES string of the molecule is CCC(C)(CCO)NC(C)CC1CCCO1. The Kier molecular flexibility index (Phi) is 5.73. The molecule has 0 saturated carbocycles. The Bertz CT molecular complexity index is 192. The number of aliphatic hydroxyl groups is 1.